The van der Waals surface area contributed by atoms with Crippen LogP contribution in [-0.2, 0) is 4.74 Å². The minimum absolute atomic E-state index is 0.480. The van der Waals surface area contributed by atoms with Crippen molar-refractivity contribution in [2.45, 2.75) is 6.42 Å². The Labute approximate surface area is 109 Å². The summed E-state index contributed by atoms with van der Waals surface area (Å²) in [5.41, 5.74) is 1.56. The van der Waals surface area contributed by atoms with Crippen molar-refractivity contribution in [3.05, 3.63) is 29.8 Å². The Balaban J connectivity index is 2.70. The van der Waals surface area contributed by atoms with Crippen LogP contribution in [0.3, 0.4) is 0 Å². The Morgan fingerprint density at radius 2 is 2.29 bits per heavy atom. The number of para-hydroxylation sites is 1. The molecule has 0 heterocycles. The number of nitrogens with one attached hydrogen (secondary N) is 1. The van der Waals surface area contributed by atoms with E-state index in [2.05, 4.69) is 31.0 Å². The molecule has 0 unspecified atom stereocenters. The maximum Gasteiger partial charge on any atom is 0.411 e. The van der Waals surface area contributed by atoms with Gasteiger partial charge >= 0.3 is 6.09 Å². The second-order valence-corrected chi connectivity index (χ2v) is 4.07. The van der Waals surface area contributed by atoms with Gasteiger partial charge in [0, 0.05) is 23.7 Å². The Bertz CT molecular complexity index is 394. The minimum atomic E-state index is -0.480. The number of amides is 1. The van der Waals surface area contributed by atoms with Crippen molar-refractivity contribution >= 4 is 33.9 Å². The van der Waals surface area contributed by atoms with Gasteiger partial charge in [-0.25, -0.2) is 4.79 Å². The molecule has 0 aliphatic rings. The SMILES string of the molecule is COC(=O)Nc1ccccc1/C=N/CCCBr. The van der Waals surface area contributed by atoms with Crippen LogP contribution >= 0.6 is 15.9 Å². The molecule has 1 aromatic carbocycles. The summed E-state index contributed by atoms with van der Waals surface area (Å²) in [6, 6.07) is 7.45. The third-order valence-electron chi connectivity index (χ3n) is 2.03. The normalized spacial score (nSPS) is 10.5. The van der Waals surface area contributed by atoms with Gasteiger partial charge in [-0.1, -0.05) is 34.1 Å². The third-order valence-corrected chi connectivity index (χ3v) is 2.59. The lowest BCUT2D eigenvalue weighted by atomic mass is 10.2. The molecule has 1 aromatic rings. The summed E-state index contributed by atoms with van der Waals surface area (Å²) in [5.74, 6) is 0. The Morgan fingerprint density at radius 1 is 1.53 bits per heavy atom. The molecule has 0 bridgehead atoms. The summed E-state index contributed by atoms with van der Waals surface area (Å²) < 4.78 is 4.55. The van der Waals surface area contributed by atoms with E-state index in [1.807, 2.05) is 24.3 Å². The van der Waals surface area contributed by atoms with Crippen molar-refractivity contribution < 1.29 is 9.53 Å². The summed E-state index contributed by atoms with van der Waals surface area (Å²) in [6.07, 6.45) is 2.27. The zero-order valence-corrected chi connectivity index (χ0v) is 11.2. The van der Waals surface area contributed by atoms with Crippen LogP contribution in [0.25, 0.3) is 0 Å². The zero-order chi connectivity index (χ0) is 12.5. The highest BCUT2D eigenvalue weighted by atomic mass is 79.9. The van der Waals surface area contributed by atoms with Crippen LogP contribution in [-0.4, -0.2) is 31.3 Å². The smallest absolute Gasteiger partial charge is 0.411 e. The Hall–Kier alpha value is -1.36. The summed E-state index contributed by atoms with van der Waals surface area (Å²) in [6.45, 7) is 0.762. The van der Waals surface area contributed by atoms with Gasteiger partial charge in [-0.05, 0) is 12.5 Å². The first-order chi connectivity index (χ1) is 8.27. The molecule has 0 aromatic heterocycles. The van der Waals surface area contributed by atoms with E-state index in [0.29, 0.717) is 5.69 Å². The largest absolute Gasteiger partial charge is 0.453 e. The second kappa shape index (κ2) is 7.84. The maximum absolute atomic E-state index is 11.1. The fraction of sp³-hybridized carbons (Fsp3) is 0.333. The lowest BCUT2D eigenvalue weighted by Crippen LogP contribution is -2.12. The van der Waals surface area contributed by atoms with E-state index in [1.54, 1.807) is 6.21 Å². The number of ether oxygens (including phenoxy) is 1. The lowest BCUT2D eigenvalue weighted by molar-refractivity contribution is 0.187. The number of hydrogen-bond acceptors (Lipinski definition) is 3. The van der Waals surface area contributed by atoms with Crippen LogP contribution in [0.15, 0.2) is 29.3 Å². The van der Waals surface area contributed by atoms with Gasteiger partial charge < -0.3 is 4.74 Å². The van der Waals surface area contributed by atoms with Gasteiger partial charge in [0.2, 0.25) is 0 Å². The van der Waals surface area contributed by atoms with Crippen LogP contribution in [0.2, 0.25) is 0 Å². The minimum Gasteiger partial charge on any atom is -0.453 e. The van der Waals surface area contributed by atoms with Gasteiger partial charge in [-0.3, -0.25) is 10.3 Å². The first kappa shape index (κ1) is 13.7. The number of hydrogen-bond donors (Lipinski definition) is 1. The molecule has 0 radical (unpaired) electrons. The zero-order valence-electron chi connectivity index (χ0n) is 9.65. The molecule has 92 valence electrons. The Kier molecular flexibility index (Phi) is 6.32. The van der Waals surface area contributed by atoms with E-state index in [0.717, 1.165) is 23.9 Å². The maximum atomic E-state index is 11.1. The molecule has 17 heavy (non-hydrogen) atoms. The number of methoxy groups -OCH3 is 1. The highest BCUT2D eigenvalue weighted by Gasteiger charge is 2.03. The van der Waals surface area contributed by atoms with Crippen LogP contribution in [0.4, 0.5) is 10.5 Å². The van der Waals surface area contributed by atoms with Crippen molar-refractivity contribution in [3.63, 3.8) is 0 Å². The summed E-state index contributed by atoms with van der Waals surface area (Å²) >= 11 is 3.34. The predicted molar refractivity (Wildman–Crippen MR) is 73.3 cm³/mol. The fourth-order valence-electron chi connectivity index (χ4n) is 1.20. The molecule has 4 nitrogen and oxygen atoms in total. The number of halogens is 1. The standard InChI is InChI=1S/C12H15BrN2O2/c1-17-12(16)15-11-6-3-2-5-10(11)9-14-8-4-7-13/h2-3,5-6,9H,4,7-8H2,1H3,(H,15,16)/b14-9+. The van der Waals surface area contributed by atoms with Crippen LogP contribution in [0.5, 0.6) is 0 Å². The molecular formula is C12H15BrN2O2. The van der Waals surface area contributed by atoms with Crippen molar-refractivity contribution in [3.8, 4) is 0 Å². The van der Waals surface area contributed by atoms with Gasteiger partial charge in [0.15, 0.2) is 0 Å². The van der Waals surface area contributed by atoms with Crippen molar-refractivity contribution in [1.82, 2.24) is 0 Å². The average molecular weight is 299 g/mol. The molecule has 5 heteroatoms. The number of alkyl halides is 1. The average Bonchev–Trinajstić information content (AvgIpc) is 2.36. The number of carbonyl (C=O) groups is 1. The fourth-order valence-corrected chi connectivity index (χ4v) is 1.45. The van der Waals surface area contributed by atoms with Crippen LogP contribution in [0.1, 0.15) is 12.0 Å². The molecule has 1 amide bonds. The molecule has 1 N–H and O–H groups in total. The molecule has 0 aliphatic carbocycles. The van der Waals surface area contributed by atoms with E-state index in [9.17, 15) is 4.79 Å². The molecule has 0 atom stereocenters. The van der Waals surface area contributed by atoms with Gasteiger partial charge in [-0.15, -0.1) is 0 Å². The number of aliphatic imine (C=N–C) groups is 1. The van der Waals surface area contributed by atoms with E-state index in [1.165, 1.54) is 7.11 Å². The first-order valence-electron chi connectivity index (χ1n) is 5.27. The van der Waals surface area contributed by atoms with Gasteiger partial charge in [0.05, 0.1) is 12.8 Å². The quantitative estimate of drug-likeness (QED) is 0.516. The second-order valence-electron chi connectivity index (χ2n) is 3.28. The number of rotatable bonds is 5. The number of carbonyl (C=O) groups excluding carboxylic acids is 1. The molecular weight excluding hydrogens is 284 g/mol. The number of benzene rings is 1. The molecule has 0 aliphatic heterocycles. The van der Waals surface area contributed by atoms with Crippen molar-refractivity contribution in [2.75, 3.05) is 24.3 Å². The molecule has 0 saturated heterocycles. The van der Waals surface area contributed by atoms with E-state index < -0.39 is 6.09 Å². The van der Waals surface area contributed by atoms with Crippen molar-refractivity contribution in [1.29, 1.82) is 0 Å². The molecule has 1 rings (SSSR count). The van der Waals surface area contributed by atoms with Crippen LogP contribution < -0.4 is 5.32 Å². The molecule has 0 fully saturated rings. The van der Waals surface area contributed by atoms with Crippen molar-refractivity contribution in [2.24, 2.45) is 4.99 Å². The van der Waals surface area contributed by atoms with E-state index in [4.69, 9.17) is 0 Å². The van der Waals surface area contributed by atoms with E-state index >= 15 is 0 Å². The molecule has 0 spiro atoms. The molecule has 0 saturated carbocycles. The monoisotopic (exact) mass is 298 g/mol. The lowest BCUT2D eigenvalue weighted by Gasteiger charge is -2.06. The summed E-state index contributed by atoms with van der Waals surface area (Å²) in [4.78, 5) is 15.4. The van der Waals surface area contributed by atoms with Gasteiger partial charge in [-0.2, -0.15) is 0 Å². The topological polar surface area (TPSA) is 50.7 Å². The first-order valence-corrected chi connectivity index (χ1v) is 6.40. The third kappa shape index (κ3) is 4.99. The van der Waals surface area contributed by atoms with Gasteiger partial charge in [0.1, 0.15) is 0 Å². The number of anilines is 1. The highest BCUT2D eigenvalue weighted by molar-refractivity contribution is 9.09. The predicted octanol–water partition coefficient (Wildman–Crippen LogP) is 3.07. The summed E-state index contributed by atoms with van der Waals surface area (Å²) in [5, 5.41) is 3.58. The van der Waals surface area contributed by atoms with E-state index in [-0.39, 0.29) is 0 Å². The highest BCUT2D eigenvalue weighted by Crippen LogP contribution is 2.13. The number of nitrogens with zero attached hydrogens (tertiary/aromatic N) is 1. The Morgan fingerprint density at radius 3 is 3.00 bits per heavy atom. The van der Waals surface area contributed by atoms with Gasteiger partial charge in [0.25, 0.3) is 0 Å². The summed E-state index contributed by atoms with van der Waals surface area (Å²) in [7, 11) is 1.34. The van der Waals surface area contributed by atoms with Crippen LogP contribution in [0, 0.1) is 0 Å².